The molecular formula is C16H17NO2. The van der Waals surface area contributed by atoms with Crippen molar-refractivity contribution in [2.75, 3.05) is 0 Å². The van der Waals surface area contributed by atoms with Gasteiger partial charge in [-0.25, -0.2) is 0 Å². The van der Waals surface area contributed by atoms with Gasteiger partial charge in [0.05, 0.1) is 0 Å². The van der Waals surface area contributed by atoms with Gasteiger partial charge < -0.3 is 15.5 Å². The molecule has 0 aromatic heterocycles. The average Bonchev–Trinajstić information content (AvgIpc) is 2.80. The molecule has 0 radical (unpaired) electrons. The van der Waals surface area contributed by atoms with Gasteiger partial charge in [0, 0.05) is 12.6 Å². The van der Waals surface area contributed by atoms with Gasteiger partial charge in [0.25, 0.3) is 0 Å². The van der Waals surface area contributed by atoms with Crippen molar-refractivity contribution in [3.63, 3.8) is 0 Å². The largest absolute Gasteiger partial charge is 0.508 e. The van der Waals surface area contributed by atoms with Crippen LogP contribution in [0.15, 0.2) is 42.5 Å². The standard InChI is InChI=1S/C16H17NO2/c18-13-4-1-11(2-5-13)10-17-16-8-3-12-9-14(19)6-7-15(12)16/h1-2,4-7,9,16-19H,3,8,10H2. The Labute approximate surface area is 112 Å². The topological polar surface area (TPSA) is 52.5 Å². The Morgan fingerprint density at radius 3 is 2.53 bits per heavy atom. The smallest absolute Gasteiger partial charge is 0.115 e. The maximum atomic E-state index is 9.47. The molecule has 3 heteroatoms. The first-order valence-electron chi connectivity index (χ1n) is 6.55. The summed E-state index contributed by atoms with van der Waals surface area (Å²) < 4.78 is 0. The van der Waals surface area contributed by atoms with Crippen LogP contribution in [0.5, 0.6) is 11.5 Å². The minimum atomic E-state index is 0.297. The predicted molar refractivity (Wildman–Crippen MR) is 74.1 cm³/mol. The lowest BCUT2D eigenvalue weighted by molar-refractivity contribution is 0.474. The van der Waals surface area contributed by atoms with E-state index in [2.05, 4.69) is 5.32 Å². The number of hydrogen-bond donors (Lipinski definition) is 3. The highest BCUT2D eigenvalue weighted by Gasteiger charge is 2.21. The van der Waals surface area contributed by atoms with Gasteiger partial charge >= 0.3 is 0 Å². The number of aryl methyl sites for hydroxylation is 1. The predicted octanol–water partition coefficient (Wildman–Crippen LogP) is 2.87. The van der Waals surface area contributed by atoms with Crippen LogP contribution in [-0.2, 0) is 13.0 Å². The zero-order chi connectivity index (χ0) is 13.2. The molecule has 0 saturated carbocycles. The molecule has 0 fully saturated rings. The maximum Gasteiger partial charge on any atom is 0.115 e. The van der Waals surface area contributed by atoms with Gasteiger partial charge in [0.1, 0.15) is 11.5 Å². The molecule has 2 aromatic carbocycles. The summed E-state index contributed by atoms with van der Waals surface area (Å²) in [5, 5.41) is 22.3. The Morgan fingerprint density at radius 2 is 1.74 bits per heavy atom. The summed E-state index contributed by atoms with van der Waals surface area (Å²) >= 11 is 0. The van der Waals surface area contributed by atoms with Crippen molar-refractivity contribution in [2.24, 2.45) is 0 Å². The average molecular weight is 255 g/mol. The quantitative estimate of drug-likeness (QED) is 0.790. The van der Waals surface area contributed by atoms with Crippen LogP contribution in [0.3, 0.4) is 0 Å². The molecule has 0 heterocycles. The normalized spacial score (nSPS) is 17.4. The Morgan fingerprint density at radius 1 is 1.00 bits per heavy atom. The Kier molecular flexibility index (Phi) is 3.13. The van der Waals surface area contributed by atoms with Gasteiger partial charge in [-0.2, -0.15) is 0 Å². The second-order valence-corrected chi connectivity index (χ2v) is 5.02. The number of phenols is 2. The molecule has 1 unspecified atom stereocenters. The molecule has 3 N–H and O–H groups in total. The first kappa shape index (κ1) is 12.1. The number of nitrogens with one attached hydrogen (secondary N) is 1. The van der Waals surface area contributed by atoms with Crippen LogP contribution in [0.25, 0.3) is 0 Å². The van der Waals surface area contributed by atoms with Crippen LogP contribution >= 0.6 is 0 Å². The third-order valence-electron chi connectivity index (χ3n) is 3.69. The van der Waals surface area contributed by atoms with Gasteiger partial charge in [0.15, 0.2) is 0 Å². The van der Waals surface area contributed by atoms with Crippen LogP contribution in [-0.4, -0.2) is 10.2 Å². The highest BCUT2D eigenvalue weighted by Crippen LogP contribution is 2.33. The fourth-order valence-electron chi connectivity index (χ4n) is 2.67. The van der Waals surface area contributed by atoms with Gasteiger partial charge in [-0.05, 0) is 53.8 Å². The van der Waals surface area contributed by atoms with Crippen molar-refractivity contribution < 1.29 is 10.2 Å². The molecule has 19 heavy (non-hydrogen) atoms. The van der Waals surface area contributed by atoms with Crippen LogP contribution in [0.4, 0.5) is 0 Å². The van der Waals surface area contributed by atoms with E-state index >= 15 is 0 Å². The van der Waals surface area contributed by atoms with Gasteiger partial charge in [0.2, 0.25) is 0 Å². The molecule has 0 aliphatic heterocycles. The van der Waals surface area contributed by atoms with E-state index in [1.165, 1.54) is 11.1 Å². The second-order valence-electron chi connectivity index (χ2n) is 5.02. The molecule has 1 aliphatic rings. The van der Waals surface area contributed by atoms with E-state index in [1.54, 1.807) is 18.2 Å². The molecule has 1 aliphatic carbocycles. The lowest BCUT2D eigenvalue weighted by Gasteiger charge is -2.14. The monoisotopic (exact) mass is 255 g/mol. The van der Waals surface area contributed by atoms with Gasteiger partial charge in [-0.1, -0.05) is 18.2 Å². The van der Waals surface area contributed by atoms with E-state index in [4.69, 9.17) is 0 Å². The lowest BCUT2D eigenvalue weighted by atomic mass is 10.1. The van der Waals surface area contributed by atoms with Gasteiger partial charge in [-0.3, -0.25) is 0 Å². The summed E-state index contributed by atoms with van der Waals surface area (Å²) in [4.78, 5) is 0. The number of aromatic hydroxyl groups is 2. The van der Waals surface area contributed by atoms with E-state index in [0.717, 1.165) is 24.9 Å². The second kappa shape index (κ2) is 4.94. The first-order chi connectivity index (χ1) is 9.22. The van der Waals surface area contributed by atoms with Crippen molar-refractivity contribution in [3.8, 4) is 11.5 Å². The molecule has 2 aromatic rings. The van der Waals surface area contributed by atoms with Crippen LogP contribution in [0, 0.1) is 0 Å². The molecule has 0 saturated heterocycles. The van der Waals surface area contributed by atoms with Crippen LogP contribution in [0.1, 0.15) is 29.2 Å². The molecule has 3 nitrogen and oxygen atoms in total. The summed E-state index contributed by atoms with van der Waals surface area (Å²) in [5.74, 6) is 0.642. The van der Waals surface area contributed by atoms with E-state index in [9.17, 15) is 10.2 Å². The summed E-state index contributed by atoms with van der Waals surface area (Å²) in [6.45, 7) is 0.783. The summed E-state index contributed by atoms with van der Waals surface area (Å²) in [6, 6.07) is 13.2. The Hall–Kier alpha value is -2.00. The Bertz CT molecular complexity index is 578. The lowest BCUT2D eigenvalue weighted by Crippen LogP contribution is -2.18. The van der Waals surface area contributed by atoms with Gasteiger partial charge in [-0.15, -0.1) is 0 Å². The minimum Gasteiger partial charge on any atom is -0.508 e. The third kappa shape index (κ3) is 2.56. The molecular weight excluding hydrogens is 238 g/mol. The van der Waals surface area contributed by atoms with E-state index in [1.807, 2.05) is 24.3 Å². The summed E-state index contributed by atoms with van der Waals surface area (Å²) in [6.07, 6.45) is 2.08. The highest BCUT2D eigenvalue weighted by atomic mass is 16.3. The first-order valence-corrected chi connectivity index (χ1v) is 6.55. The fourth-order valence-corrected chi connectivity index (χ4v) is 2.67. The van der Waals surface area contributed by atoms with Crippen LogP contribution < -0.4 is 5.32 Å². The molecule has 0 bridgehead atoms. The molecule has 3 rings (SSSR count). The molecule has 0 amide bonds. The number of benzene rings is 2. The fraction of sp³-hybridized carbons (Fsp3) is 0.250. The zero-order valence-corrected chi connectivity index (χ0v) is 10.6. The van der Waals surface area contributed by atoms with Crippen LogP contribution in [0.2, 0.25) is 0 Å². The van der Waals surface area contributed by atoms with Crippen molar-refractivity contribution in [3.05, 3.63) is 59.2 Å². The number of fused-ring (bicyclic) bond motifs is 1. The minimum absolute atomic E-state index is 0.297. The zero-order valence-electron chi connectivity index (χ0n) is 10.6. The van der Waals surface area contributed by atoms with E-state index in [0.29, 0.717) is 17.5 Å². The van der Waals surface area contributed by atoms with Crippen molar-refractivity contribution in [1.82, 2.24) is 5.32 Å². The summed E-state index contributed by atoms with van der Waals surface area (Å²) in [7, 11) is 0. The number of phenolic OH excluding ortho intramolecular Hbond substituents is 2. The van der Waals surface area contributed by atoms with E-state index in [-0.39, 0.29) is 0 Å². The number of hydrogen-bond acceptors (Lipinski definition) is 3. The molecule has 0 spiro atoms. The highest BCUT2D eigenvalue weighted by molar-refractivity contribution is 5.40. The molecule has 1 atom stereocenters. The SMILES string of the molecule is Oc1ccc(CNC2CCc3cc(O)ccc32)cc1. The maximum absolute atomic E-state index is 9.47. The number of rotatable bonds is 3. The third-order valence-corrected chi connectivity index (χ3v) is 3.69. The van der Waals surface area contributed by atoms with Crippen molar-refractivity contribution in [2.45, 2.75) is 25.4 Å². The molecule has 98 valence electrons. The van der Waals surface area contributed by atoms with Crippen molar-refractivity contribution in [1.29, 1.82) is 0 Å². The Balaban J connectivity index is 1.68. The summed E-state index contributed by atoms with van der Waals surface area (Å²) in [5.41, 5.74) is 3.69. The van der Waals surface area contributed by atoms with E-state index < -0.39 is 0 Å². The van der Waals surface area contributed by atoms with Crippen molar-refractivity contribution >= 4 is 0 Å².